The number of anilines is 4. The predicted molar refractivity (Wildman–Crippen MR) is 108 cm³/mol. The highest BCUT2D eigenvalue weighted by atomic mass is 35.5. The monoisotopic (exact) mass is 381 g/mol. The second-order valence-electron chi connectivity index (χ2n) is 6.35. The van der Waals surface area contributed by atoms with Gasteiger partial charge in [0.1, 0.15) is 5.82 Å². The first-order valence-corrected chi connectivity index (χ1v) is 9.20. The van der Waals surface area contributed by atoms with Crippen LogP contribution in [0.15, 0.2) is 48.9 Å². The summed E-state index contributed by atoms with van der Waals surface area (Å²) < 4.78 is 0. The van der Waals surface area contributed by atoms with E-state index in [1.165, 1.54) is 0 Å². The normalized spacial score (nSPS) is 14.3. The Balaban J connectivity index is 1.43. The molecule has 3 heterocycles. The second kappa shape index (κ2) is 7.75. The fourth-order valence-corrected chi connectivity index (χ4v) is 3.13. The number of rotatable bonds is 4. The lowest BCUT2D eigenvalue weighted by molar-refractivity contribution is 0.628. The van der Waals surface area contributed by atoms with Crippen molar-refractivity contribution in [1.82, 2.24) is 19.9 Å². The standard InChI is InChI=1S/C19H20ClN7/c1-14-3-4-15(13-16(14)20)24-17-5-8-23-19(25-17)27-11-9-26(10-12-27)18-21-6-2-7-22-18/h2-8,13H,9-12H2,1H3,(H,23,24,25). The van der Waals surface area contributed by atoms with Crippen molar-refractivity contribution in [1.29, 1.82) is 0 Å². The summed E-state index contributed by atoms with van der Waals surface area (Å²) in [7, 11) is 0. The summed E-state index contributed by atoms with van der Waals surface area (Å²) in [5, 5.41) is 4.02. The quantitative estimate of drug-likeness (QED) is 0.743. The van der Waals surface area contributed by atoms with Gasteiger partial charge in [-0.2, -0.15) is 4.98 Å². The van der Waals surface area contributed by atoms with Gasteiger partial charge in [-0.25, -0.2) is 15.0 Å². The van der Waals surface area contributed by atoms with Crippen molar-refractivity contribution in [2.75, 3.05) is 41.3 Å². The molecule has 0 amide bonds. The minimum Gasteiger partial charge on any atom is -0.340 e. The summed E-state index contributed by atoms with van der Waals surface area (Å²) in [5.41, 5.74) is 1.95. The number of hydrogen-bond donors (Lipinski definition) is 1. The molecule has 27 heavy (non-hydrogen) atoms. The minimum atomic E-state index is 0.715. The average Bonchev–Trinajstić information content (AvgIpc) is 2.72. The zero-order valence-corrected chi connectivity index (χ0v) is 15.8. The van der Waals surface area contributed by atoms with Crippen LogP contribution in [-0.2, 0) is 0 Å². The van der Waals surface area contributed by atoms with E-state index in [1.54, 1.807) is 18.6 Å². The van der Waals surface area contributed by atoms with E-state index < -0.39 is 0 Å². The molecule has 1 aliphatic rings. The van der Waals surface area contributed by atoms with Crippen LogP contribution in [0, 0.1) is 6.92 Å². The average molecular weight is 382 g/mol. The van der Waals surface area contributed by atoms with Crippen molar-refractivity contribution >= 4 is 35.0 Å². The Hall–Kier alpha value is -2.93. The van der Waals surface area contributed by atoms with Gasteiger partial charge in [-0.1, -0.05) is 17.7 Å². The van der Waals surface area contributed by atoms with Gasteiger partial charge in [0.25, 0.3) is 0 Å². The van der Waals surface area contributed by atoms with Crippen LogP contribution >= 0.6 is 11.6 Å². The van der Waals surface area contributed by atoms with E-state index in [9.17, 15) is 0 Å². The Labute approximate surface area is 163 Å². The van der Waals surface area contributed by atoms with Crippen molar-refractivity contribution < 1.29 is 0 Å². The lowest BCUT2D eigenvalue weighted by Gasteiger charge is -2.34. The largest absolute Gasteiger partial charge is 0.340 e. The van der Waals surface area contributed by atoms with Crippen LogP contribution in [-0.4, -0.2) is 46.1 Å². The van der Waals surface area contributed by atoms with Crippen molar-refractivity contribution in [2.45, 2.75) is 6.92 Å². The zero-order chi connectivity index (χ0) is 18.6. The van der Waals surface area contributed by atoms with Crippen LogP contribution < -0.4 is 15.1 Å². The summed E-state index contributed by atoms with van der Waals surface area (Å²) in [5.74, 6) is 2.23. The Morgan fingerprint density at radius 2 is 1.56 bits per heavy atom. The number of aryl methyl sites for hydroxylation is 1. The minimum absolute atomic E-state index is 0.715. The third kappa shape index (κ3) is 4.09. The van der Waals surface area contributed by atoms with Crippen LogP contribution in [0.2, 0.25) is 5.02 Å². The van der Waals surface area contributed by atoms with Crippen LogP contribution in [0.5, 0.6) is 0 Å². The molecule has 0 spiro atoms. The lowest BCUT2D eigenvalue weighted by Crippen LogP contribution is -2.47. The first-order valence-electron chi connectivity index (χ1n) is 8.82. The zero-order valence-electron chi connectivity index (χ0n) is 15.0. The van der Waals surface area contributed by atoms with Gasteiger partial charge < -0.3 is 15.1 Å². The second-order valence-corrected chi connectivity index (χ2v) is 6.76. The lowest BCUT2D eigenvalue weighted by atomic mass is 10.2. The molecular weight excluding hydrogens is 362 g/mol. The van der Waals surface area contributed by atoms with Gasteiger partial charge in [0.05, 0.1) is 0 Å². The van der Waals surface area contributed by atoms with E-state index in [4.69, 9.17) is 11.6 Å². The number of piperazine rings is 1. The van der Waals surface area contributed by atoms with Gasteiger partial charge in [0, 0.05) is 55.5 Å². The summed E-state index contributed by atoms with van der Waals surface area (Å²) in [6.45, 7) is 5.28. The number of benzene rings is 1. The maximum Gasteiger partial charge on any atom is 0.227 e. The Bertz CT molecular complexity index is 911. The molecule has 1 fully saturated rings. The molecule has 138 valence electrons. The number of nitrogens with one attached hydrogen (secondary N) is 1. The Morgan fingerprint density at radius 1 is 0.889 bits per heavy atom. The Morgan fingerprint density at radius 3 is 2.26 bits per heavy atom. The van der Waals surface area contributed by atoms with Crippen LogP contribution in [0.3, 0.4) is 0 Å². The molecule has 0 atom stereocenters. The smallest absolute Gasteiger partial charge is 0.227 e. The summed E-state index contributed by atoms with van der Waals surface area (Å²) >= 11 is 6.20. The van der Waals surface area contributed by atoms with Gasteiger partial charge >= 0.3 is 0 Å². The molecule has 1 N–H and O–H groups in total. The summed E-state index contributed by atoms with van der Waals surface area (Å²) in [6, 6.07) is 9.55. The van der Waals surface area contributed by atoms with Crippen molar-refractivity contribution in [3.05, 3.63) is 59.5 Å². The number of halogens is 1. The number of aromatic nitrogens is 4. The number of hydrogen-bond acceptors (Lipinski definition) is 7. The van der Waals surface area contributed by atoms with E-state index in [1.807, 2.05) is 37.3 Å². The first kappa shape index (κ1) is 17.5. The van der Waals surface area contributed by atoms with Crippen molar-refractivity contribution in [3.8, 4) is 0 Å². The van der Waals surface area contributed by atoms with Gasteiger partial charge in [0.15, 0.2) is 0 Å². The van der Waals surface area contributed by atoms with E-state index in [0.29, 0.717) is 5.95 Å². The molecule has 0 aliphatic carbocycles. The molecule has 8 heteroatoms. The third-order valence-corrected chi connectivity index (χ3v) is 4.89. The van der Waals surface area contributed by atoms with Crippen molar-refractivity contribution in [2.24, 2.45) is 0 Å². The Kier molecular flexibility index (Phi) is 5.02. The molecule has 1 aliphatic heterocycles. The molecule has 0 bridgehead atoms. The van der Waals surface area contributed by atoms with Gasteiger partial charge in [-0.3, -0.25) is 0 Å². The molecule has 4 rings (SSSR count). The summed E-state index contributed by atoms with van der Waals surface area (Å²) in [4.78, 5) is 22.1. The highest BCUT2D eigenvalue weighted by Crippen LogP contribution is 2.23. The van der Waals surface area contributed by atoms with Crippen LogP contribution in [0.4, 0.5) is 23.4 Å². The molecule has 0 unspecified atom stereocenters. The molecule has 0 saturated carbocycles. The topological polar surface area (TPSA) is 70.1 Å². The first-order chi connectivity index (χ1) is 13.2. The maximum absolute atomic E-state index is 6.20. The molecule has 0 radical (unpaired) electrons. The van der Waals surface area contributed by atoms with E-state index in [-0.39, 0.29) is 0 Å². The van der Waals surface area contributed by atoms with E-state index in [0.717, 1.165) is 54.2 Å². The van der Waals surface area contributed by atoms with Gasteiger partial charge in [0.2, 0.25) is 11.9 Å². The maximum atomic E-state index is 6.20. The molecule has 7 nitrogen and oxygen atoms in total. The van der Waals surface area contributed by atoms with Crippen molar-refractivity contribution in [3.63, 3.8) is 0 Å². The SMILES string of the molecule is Cc1ccc(Nc2ccnc(N3CCN(c4ncccn4)CC3)n2)cc1Cl. The molecular formula is C19H20ClN7. The van der Waals surface area contributed by atoms with Crippen LogP contribution in [0.1, 0.15) is 5.56 Å². The fourth-order valence-electron chi connectivity index (χ4n) is 2.95. The molecule has 2 aromatic heterocycles. The molecule has 1 saturated heterocycles. The van der Waals surface area contributed by atoms with Gasteiger partial charge in [-0.15, -0.1) is 0 Å². The molecule has 3 aromatic rings. The number of nitrogens with zero attached hydrogens (tertiary/aromatic N) is 6. The third-order valence-electron chi connectivity index (χ3n) is 4.48. The molecule has 1 aromatic carbocycles. The van der Waals surface area contributed by atoms with Crippen LogP contribution in [0.25, 0.3) is 0 Å². The summed E-state index contributed by atoms with van der Waals surface area (Å²) in [6.07, 6.45) is 5.31. The highest BCUT2D eigenvalue weighted by Gasteiger charge is 2.20. The van der Waals surface area contributed by atoms with E-state index >= 15 is 0 Å². The van der Waals surface area contributed by atoms with E-state index in [2.05, 4.69) is 35.1 Å². The highest BCUT2D eigenvalue weighted by molar-refractivity contribution is 6.31. The predicted octanol–water partition coefficient (Wildman–Crippen LogP) is 3.30. The van der Waals surface area contributed by atoms with Gasteiger partial charge in [-0.05, 0) is 36.8 Å². The fraction of sp³-hybridized carbons (Fsp3) is 0.263.